The molecule has 0 aromatic carbocycles. The van der Waals surface area contributed by atoms with Gasteiger partial charge >= 0.3 is 19.8 Å². The molecule has 0 aliphatic heterocycles. The molecular formula is C71H143NO8P+. The highest BCUT2D eigenvalue weighted by Gasteiger charge is 2.27. The smallest absolute Gasteiger partial charge is 0.462 e. The van der Waals surface area contributed by atoms with E-state index in [0.29, 0.717) is 17.4 Å². The number of unbranched alkanes of at least 4 members (excludes halogenated alkanes) is 55. The monoisotopic (exact) mass is 1170 g/mol. The summed E-state index contributed by atoms with van der Waals surface area (Å²) < 4.78 is 34.7. The van der Waals surface area contributed by atoms with Crippen LogP contribution in [-0.4, -0.2) is 74.9 Å². The minimum Gasteiger partial charge on any atom is -0.462 e. The van der Waals surface area contributed by atoms with Crippen LogP contribution in [-0.2, 0) is 32.7 Å². The van der Waals surface area contributed by atoms with Crippen LogP contribution in [0.15, 0.2) is 0 Å². The van der Waals surface area contributed by atoms with E-state index in [1.165, 1.54) is 327 Å². The Balaban J connectivity index is 3.90. The number of likely N-dealkylation sites (N-methyl/N-ethyl adjacent to an activating group) is 1. The van der Waals surface area contributed by atoms with Gasteiger partial charge in [0.25, 0.3) is 0 Å². The normalized spacial score (nSPS) is 13.0. The van der Waals surface area contributed by atoms with E-state index < -0.39 is 26.5 Å². The van der Waals surface area contributed by atoms with Crippen molar-refractivity contribution in [3.05, 3.63) is 0 Å². The molecule has 10 heteroatoms. The van der Waals surface area contributed by atoms with Crippen LogP contribution in [0.25, 0.3) is 0 Å². The number of carbonyl (C=O) groups is 2. The summed E-state index contributed by atoms with van der Waals surface area (Å²) >= 11 is 0. The summed E-state index contributed by atoms with van der Waals surface area (Å²) in [6, 6.07) is 0. The molecule has 0 saturated heterocycles. The quantitative estimate of drug-likeness (QED) is 0.0278. The van der Waals surface area contributed by atoms with E-state index in [9.17, 15) is 19.0 Å². The highest BCUT2D eigenvalue weighted by atomic mass is 31.2. The lowest BCUT2D eigenvalue weighted by Gasteiger charge is -2.24. The molecule has 9 nitrogen and oxygen atoms in total. The maximum absolute atomic E-state index is 12.9. The van der Waals surface area contributed by atoms with Crippen LogP contribution in [0.1, 0.15) is 393 Å². The number of phosphoric acid groups is 1. The van der Waals surface area contributed by atoms with Crippen LogP contribution in [0.3, 0.4) is 0 Å². The van der Waals surface area contributed by atoms with Crippen LogP contribution in [0, 0.1) is 0 Å². The second kappa shape index (κ2) is 63.5. The molecule has 0 saturated carbocycles. The van der Waals surface area contributed by atoms with Gasteiger partial charge in [-0.2, -0.15) is 0 Å². The molecule has 0 heterocycles. The molecule has 0 fully saturated rings. The summed E-state index contributed by atoms with van der Waals surface area (Å²) in [5.74, 6) is -0.768. The van der Waals surface area contributed by atoms with Crippen molar-refractivity contribution in [2.24, 2.45) is 0 Å². The van der Waals surface area contributed by atoms with E-state index in [-0.39, 0.29) is 25.6 Å². The predicted octanol–water partition coefficient (Wildman–Crippen LogP) is 23.3. The molecule has 0 aromatic rings. The van der Waals surface area contributed by atoms with Gasteiger partial charge in [-0.15, -0.1) is 0 Å². The molecule has 2 unspecified atom stereocenters. The standard InChI is InChI=1S/C71H142NO8P/c1-6-8-10-12-14-16-18-20-22-24-26-28-29-30-31-32-33-34-35-36-37-38-39-40-41-42-44-46-48-50-52-54-56-58-60-62-64-71(74)80-69(68-79-81(75,76)78-66-65-72(3,4)5)67-77-70(73)63-61-59-57-55-53-51-49-47-45-43-27-25-23-21-19-17-15-13-11-9-7-2/h69H,6-68H2,1-5H3/p+1. The van der Waals surface area contributed by atoms with E-state index in [0.717, 1.165) is 38.5 Å². The van der Waals surface area contributed by atoms with Gasteiger partial charge < -0.3 is 18.9 Å². The second-order valence-electron chi connectivity index (χ2n) is 26.4. The van der Waals surface area contributed by atoms with Crippen LogP contribution in [0.5, 0.6) is 0 Å². The lowest BCUT2D eigenvalue weighted by molar-refractivity contribution is -0.870. The Kier molecular flexibility index (Phi) is 62.7. The summed E-state index contributed by atoms with van der Waals surface area (Å²) in [6.45, 7) is 4.53. The number of ether oxygens (including phenoxy) is 2. The average molecular weight is 1170 g/mol. The van der Waals surface area contributed by atoms with E-state index >= 15 is 0 Å². The number of esters is 2. The Morgan fingerprint density at radius 1 is 0.333 bits per heavy atom. The van der Waals surface area contributed by atoms with Crippen molar-refractivity contribution >= 4 is 19.8 Å². The first-order chi connectivity index (χ1) is 39.5. The van der Waals surface area contributed by atoms with Crippen molar-refractivity contribution in [1.29, 1.82) is 0 Å². The fraction of sp³-hybridized carbons (Fsp3) is 0.972. The predicted molar refractivity (Wildman–Crippen MR) is 349 cm³/mol. The zero-order chi connectivity index (χ0) is 59.1. The van der Waals surface area contributed by atoms with Gasteiger partial charge in [-0.05, 0) is 12.8 Å². The van der Waals surface area contributed by atoms with Crippen LogP contribution >= 0.6 is 7.82 Å². The maximum atomic E-state index is 12.9. The largest absolute Gasteiger partial charge is 0.472 e. The first-order valence-electron chi connectivity index (χ1n) is 36.3. The van der Waals surface area contributed by atoms with Crippen molar-refractivity contribution in [2.75, 3.05) is 47.5 Å². The van der Waals surface area contributed by atoms with Crippen molar-refractivity contribution in [3.8, 4) is 0 Å². The molecule has 0 bridgehead atoms. The molecule has 0 spiro atoms. The van der Waals surface area contributed by atoms with E-state index in [1.807, 2.05) is 21.1 Å². The number of carbonyl (C=O) groups excluding carboxylic acids is 2. The van der Waals surface area contributed by atoms with E-state index in [2.05, 4.69) is 13.8 Å². The van der Waals surface area contributed by atoms with Gasteiger partial charge in [0.15, 0.2) is 6.10 Å². The van der Waals surface area contributed by atoms with E-state index in [1.54, 1.807) is 0 Å². The van der Waals surface area contributed by atoms with Gasteiger partial charge in [0.05, 0.1) is 27.7 Å². The zero-order valence-electron chi connectivity index (χ0n) is 55.3. The molecule has 0 rings (SSSR count). The summed E-state index contributed by atoms with van der Waals surface area (Å²) in [7, 11) is 1.51. The van der Waals surface area contributed by atoms with Crippen LogP contribution in [0.2, 0.25) is 0 Å². The third-order valence-electron chi connectivity index (χ3n) is 16.9. The molecule has 0 radical (unpaired) electrons. The fourth-order valence-corrected chi connectivity index (χ4v) is 12.1. The molecule has 0 aliphatic rings. The Morgan fingerprint density at radius 2 is 0.556 bits per heavy atom. The third-order valence-corrected chi connectivity index (χ3v) is 17.9. The van der Waals surface area contributed by atoms with Gasteiger partial charge in [-0.25, -0.2) is 4.57 Å². The zero-order valence-corrected chi connectivity index (χ0v) is 56.2. The molecule has 0 aliphatic carbocycles. The minimum atomic E-state index is -4.38. The molecule has 0 amide bonds. The summed E-state index contributed by atoms with van der Waals surface area (Å²) in [5.41, 5.74) is 0. The highest BCUT2D eigenvalue weighted by Crippen LogP contribution is 2.43. The number of phosphoric ester groups is 1. The maximum Gasteiger partial charge on any atom is 0.472 e. The van der Waals surface area contributed by atoms with Gasteiger partial charge in [-0.1, -0.05) is 367 Å². The van der Waals surface area contributed by atoms with E-state index in [4.69, 9.17) is 18.5 Å². The van der Waals surface area contributed by atoms with Gasteiger partial charge in [0, 0.05) is 12.8 Å². The third kappa shape index (κ3) is 68.0. The fourth-order valence-electron chi connectivity index (χ4n) is 11.3. The molecular weight excluding hydrogens is 1030 g/mol. The summed E-state index contributed by atoms with van der Waals surface area (Å²) in [4.78, 5) is 35.8. The van der Waals surface area contributed by atoms with Crippen LogP contribution < -0.4 is 0 Å². The van der Waals surface area contributed by atoms with Gasteiger partial charge in [0.1, 0.15) is 19.8 Å². The summed E-state index contributed by atoms with van der Waals surface area (Å²) in [5, 5.41) is 0. The highest BCUT2D eigenvalue weighted by molar-refractivity contribution is 7.47. The first-order valence-corrected chi connectivity index (χ1v) is 37.8. The number of nitrogens with zero attached hydrogens (tertiary/aromatic N) is 1. The van der Waals surface area contributed by atoms with Crippen molar-refractivity contribution in [3.63, 3.8) is 0 Å². The van der Waals surface area contributed by atoms with Crippen molar-refractivity contribution in [1.82, 2.24) is 0 Å². The van der Waals surface area contributed by atoms with Gasteiger partial charge in [-0.3, -0.25) is 18.6 Å². The van der Waals surface area contributed by atoms with Crippen LogP contribution in [0.4, 0.5) is 0 Å². The minimum absolute atomic E-state index is 0.0377. The van der Waals surface area contributed by atoms with Crippen molar-refractivity contribution < 1.29 is 42.1 Å². The number of rotatable bonds is 69. The first kappa shape index (κ1) is 80.0. The Labute approximate surface area is 505 Å². The molecule has 0 aromatic heterocycles. The topological polar surface area (TPSA) is 108 Å². The Morgan fingerprint density at radius 3 is 0.790 bits per heavy atom. The number of hydrogen-bond donors (Lipinski definition) is 1. The molecule has 484 valence electrons. The molecule has 81 heavy (non-hydrogen) atoms. The Bertz CT molecular complexity index is 1330. The molecule has 1 N–H and O–H groups in total. The lowest BCUT2D eigenvalue weighted by atomic mass is 10.0. The van der Waals surface area contributed by atoms with Crippen molar-refractivity contribution in [2.45, 2.75) is 399 Å². The Hall–Kier alpha value is -0.990. The summed E-state index contributed by atoms with van der Waals surface area (Å²) in [6.07, 6.45) is 76.6. The SMILES string of the molecule is CCCCCCCCCCCCCCCCCCCCCCCCCCCCCCCCCCCCCCC(=O)OC(COC(=O)CCCCCCCCCCCCCCCCCCCCCCC)COP(=O)(O)OCC[N+](C)(C)C. The average Bonchev–Trinajstić information content (AvgIpc) is 3.43. The van der Waals surface area contributed by atoms with Gasteiger partial charge in [0.2, 0.25) is 0 Å². The second-order valence-corrected chi connectivity index (χ2v) is 27.8. The number of quaternary nitrogens is 1. The lowest BCUT2D eigenvalue weighted by Crippen LogP contribution is -2.37. The number of hydrogen-bond acceptors (Lipinski definition) is 7. The molecule has 2 atom stereocenters.